The van der Waals surface area contributed by atoms with Crippen molar-refractivity contribution in [1.29, 1.82) is 0 Å². The predicted octanol–water partition coefficient (Wildman–Crippen LogP) is 3.88. The number of nitro groups is 2. The average molecular weight is 458 g/mol. The zero-order chi connectivity index (χ0) is 24.1. The molecule has 1 unspecified atom stereocenters. The fourth-order valence-corrected chi connectivity index (χ4v) is 2.81. The Morgan fingerprint density at radius 1 is 1.09 bits per heavy atom. The van der Waals surface area contributed by atoms with Crippen LogP contribution in [-0.4, -0.2) is 39.7 Å². The van der Waals surface area contributed by atoms with E-state index in [0.717, 1.165) is 6.07 Å². The number of nitrogens with zero attached hydrogens (tertiary/aromatic N) is 4. The molecule has 0 N–H and O–H groups in total. The third kappa shape index (κ3) is 5.03. The minimum absolute atomic E-state index is 0.0526. The third-order valence-corrected chi connectivity index (χ3v) is 4.40. The Kier molecular flexibility index (Phi) is 6.81. The molecule has 13 heteroatoms. The molecule has 0 spiro atoms. The minimum Gasteiger partial charge on any atom is -0.493 e. The first-order chi connectivity index (χ1) is 15.7. The lowest BCUT2D eigenvalue weighted by molar-refractivity contribution is -0.385. The van der Waals surface area contributed by atoms with Crippen molar-refractivity contribution in [3.05, 3.63) is 68.1 Å². The average Bonchev–Trinajstić information content (AvgIpc) is 3.29. The van der Waals surface area contributed by atoms with Crippen molar-refractivity contribution in [2.24, 2.45) is 0 Å². The first kappa shape index (κ1) is 23.1. The highest BCUT2D eigenvalue weighted by molar-refractivity contribution is 5.95. The molecule has 33 heavy (non-hydrogen) atoms. The van der Waals surface area contributed by atoms with Gasteiger partial charge in [0.05, 0.1) is 29.6 Å². The van der Waals surface area contributed by atoms with Crippen molar-refractivity contribution in [3.63, 3.8) is 0 Å². The largest absolute Gasteiger partial charge is 0.493 e. The number of carbonyl (C=O) groups excluding carboxylic acids is 1. The fraction of sp³-hybridized carbons (Fsp3) is 0.250. The molecule has 13 nitrogen and oxygen atoms in total. The third-order valence-electron chi connectivity index (χ3n) is 4.40. The number of nitro benzene ring substituents is 2. The lowest BCUT2D eigenvalue weighted by Crippen LogP contribution is -2.12. The molecule has 1 heterocycles. The van der Waals surface area contributed by atoms with E-state index in [2.05, 4.69) is 10.2 Å². The van der Waals surface area contributed by atoms with Gasteiger partial charge in [-0.1, -0.05) is 0 Å². The van der Waals surface area contributed by atoms with Gasteiger partial charge in [-0.05, 0) is 26.0 Å². The zero-order valence-electron chi connectivity index (χ0n) is 17.7. The van der Waals surface area contributed by atoms with E-state index in [-0.39, 0.29) is 41.1 Å². The number of carbonyl (C=O) groups is 1. The molecule has 0 saturated carbocycles. The smallest absolute Gasteiger partial charge is 0.346 e. The molecule has 2 aromatic carbocycles. The molecular formula is C20H18N4O9. The Bertz CT molecular complexity index is 1190. The minimum atomic E-state index is -1.05. The molecule has 172 valence electrons. The second kappa shape index (κ2) is 9.72. The normalized spacial score (nSPS) is 11.5. The van der Waals surface area contributed by atoms with E-state index in [0.29, 0.717) is 5.56 Å². The number of rotatable bonds is 9. The van der Waals surface area contributed by atoms with Crippen molar-refractivity contribution in [2.45, 2.75) is 20.0 Å². The molecule has 3 rings (SSSR count). The number of methoxy groups -OCH3 is 1. The fourth-order valence-electron chi connectivity index (χ4n) is 2.81. The summed E-state index contributed by atoms with van der Waals surface area (Å²) in [5.41, 5.74) is -0.547. The highest BCUT2D eigenvalue weighted by Gasteiger charge is 2.28. The summed E-state index contributed by atoms with van der Waals surface area (Å²) in [6.07, 6.45) is -1.05. The maximum Gasteiger partial charge on any atom is 0.346 e. The first-order valence-corrected chi connectivity index (χ1v) is 9.53. The van der Waals surface area contributed by atoms with E-state index in [1.165, 1.54) is 44.4 Å². The summed E-state index contributed by atoms with van der Waals surface area (Å²) in [6, 6.07) is 7.67. The van der Waals surface area contributed by atoms with E-state index in [4.69, 9.17) is 18.6 Å². The number of benzene rings is 2. The lowest BCUT2D eigenvalue weighted by atomic mass is 10.1. The van der Waals surface area contributed by atoms with Gasteiger partial charge in [-0.2, -0.15) is 0 Å². The van der Waals surface area contributed by atoms with Crippen LogP contribution in [0.3, 0.4) is 0 Å². The van der Waals surface area contributed by atoms with E-state index in [9.17, 15) is 25.0 Å². The highest BCUT2D eigenvalue weighted by atomic mass is 16.6. The Labute approximate surface area is 186 Å². The van der Waals surface area contributed by atoms with Gasteiger partial charge in [0.1, 0.15) is 5.56 Å². The van der Waals surface area contributed by atoms with Crippen LogP contribution in [0.2, 0.25) is 0 Å². The number of hydrogen-bond acceptors (Lipinski definition) is 11. The summed E-state index contributed by atoms with van der Waals surface area (Å²) in [6.45, 7) is 3.40. The molecule has 1 atom stereocenters. The molecule has 0 aliphatic carbocycles. The summed E-state index contributed by atoms with van der Waals surface area (Å²) in [4.78, 5) is 33.7. The van der Waals surface area contributed by atoms with Gasteiger partial charge in [0.2, 0.25) is 5.89 Å². The van der Waals surface area contributed by atoms with Crippen LogP contribution in [0, 0.1) is 20.2 Å². The molecule has 0 bridgehead atoms. The van der Waals surface area contributed by atoms with Gasteiger partial charge in [-0.25, -0.2) is 4.79 Å². The lowest BCUT2D eigenvalue weighted by Gasteiger charge is -2.13. The van der Waals surface area contributed by atoms with Gasteiger partial charge in [0.15, 0.2) is 17.6 Å². The first-order valence-electron chi connectivity index (χ1n) is 9.53. The molecule has 1 aromatic heterocycles. The van der Waals surface area contributed by atoms with Crippen molar-refractivity contribution >= 4 is 17.3 Å². The Morgan fingerprint density at radius 2 is 1.79 bits per heavy atom. The summed E-state index contributed by atoms with van der Waals surface area (Å²) >= 11 is 0. The van der Waals surface area contributed by atoms with Crippen LogP contribution in [0.15, 0.2) is 40.8 Å². The standard InChI is InChI=1S/C20H18N4O9/c1-4-31-17-9-14(15(24(28)29)10-16(17)30-3)20(25)32-11(2)18-21-22-19(33-18)12-5-7-13(8-6-12)23(26)27/h5-11H,4H2,1-3H3. The van der Waals surface area contributed by atoms with Crippen LogP contribution in [-0.2, 0) is 4.74 Å². The van der Waals surface area contributed by atoms with E-state index in [1.807, 2.05) is 0 Å². The topological polar surface area (TPSA) is 170 Å². The van der Waals surface area contributed by atoms with Gasteiger partial charge in [-0.15, -0.1) is 10.2 Å². The van der Waals surface area contributed by atoms with Crippen molar-refractivity contribution in [3.8, 4) is 23.0 Å². The molecule has 0 aliphatic rings. The van der Waals surface area contributed by atoms with E-state index >= 15 is 0 Å². The Hall–Kier alpha value is -4.55. The molecule has 0 radical (unpaired) electrons. The van der Waals surface area contributed by atoms with Gasteiger partial charge in [0.25, 0.3) is 17.3 Å². The number of ether oxygens (including phenoxy) is 3. The predicted molar refractivity (Wildman–Crippen MR) is 111 cm³/mol. The molecule has 0 saturated heterocycles. The van der Waals surface area contributed by atoms with Gasteiger partial charge < -0.3 is 18.6 Å². The van der Waals surface area contributed by atoms with E-state index in [1.54, 1.807) is 6.92 Å². The Balaban J connectivity index is 1.83. The summed E-state index contributed by atoms with van der Waals surface area (Å²) < 4.78 is 21.3. The summed E-state index contributed by atoms with van der Waals surface area (Å²) in [5, 5.41) is 29.9. The number of hydrogen-bond donors (Lipinski definition) is 0. The van der Waals surface area contributed by atoms with Crippen LogP contribution in [0.5, 0.6) is 11.5 Å². The van der Waals surface area contributed by atoms with Crippen LogP contribution in [0.4, 0.5) is 11.4 Å². The maximum absolute atomic E-state index is 12.7. The summed E-state index contributed by atoms with van der Waals surface area (Å²) in [5.74, 6) is -0.788. The van der Waals surface area contributed by atoms with E-state index < -0.39 is 27.6 Å². The van der Waals surface area contributed by atoms with Crippen LogP contribution in [0.25, 0.3) is 11.5 Å². The van der Waals surface area contributed by atoms with Crippen molar-refractivity contribution in [1.82, 2.24) is 10.2 Å². The number of esters is 1. The molecule has 0 fully saturated rings. The summed E-state index contributed by atoms with van der Waals surface area (Å²) in [7, 11) is 1.32. The van der Waals surface area contributed by atoms with Gasteiger partial charge >= 0.3 is 5.97 Å². The Morgan fingerprint density at radius 3 is 2.36 bits per heavy atom. The van der Waals surface area contributed by atoms with Gasteiger partial charge in [-0.3, -0.25) is 20.2 Å². The van der Waals surface area contributed by atoms with Crippen LogP contribution in [0.1, 0.15) is 36.2 Å². The highest BCUT2D eigenvalue weighted by Crippen LogP contribution is 2.36. The molecule has 3 aromatic rings. The SMILES string of the molecule is CCOc1cc(C(=O)OC(C)c2nnc(-c3ccc([N+](=O)[O-])cc3)o2)c([N+](=O)[O-])cc1OC. The number of non-ortho nitro benzene ring substituents is 1. The molecule has 0 amide bonds. The molecular weight excluding hydrogens is 440 g/mol. The van der Waals surface area contributed by atoms with Crippen LogP contribution < -0.4 is 9.47 Å². The monoisotopic (exact) mass is 458 g/mol. The number of aromatic nitrogens is 2. The molecule has 0 aliphatic heterocycles. The van der Waals surface area contributed by atoms with Crippen LogP contribution >= 0.6 is 0 Å². The second-order valence-electron chi connectivity index (χ2n) is 6.51. The maximum atomic E-state index is 12.7. The second-order valence-corrected chi connectivity index (χ2v) is 6.51. The van der Waals surface area contributed by atoms with Crippen molar-refractivity contribution < 1.29 is 33.3 Å². The van der Waals surface area contributed by atoms with Crippen molar-refractivity contribution in [2.75, 3.05) is 13.7 Å². The zero-order valence-corrected chi connectivity index (χ0v) is 17.7. The quantitative estimate of drug-likeness (QED) is 0.259. The van der Waals surface area contributed by atoms with Gasteiger partial charge in [0, 0.05) is 23.8 Å².